The Morgan fingerprint density at radius 1 is 1.47 bits per heavy atom. The summed E-state index contributed by atoms with van der Waals surface area (Å²) < 4.78 is 13.4. The molecule has 2 rings (SSSR count). The van der Waals surface area contributed by atoms with Gasteiger partial charge in [-0.3, -0.25) is 0 Å². The van der Waals surface area contributed by atoms with E-state index in [1.54, 1.807) is 6.92 Å². The highest BCUT2D eigenvalue weighted by Crippen LogP contribution is 2.54. The molecular formula is C12H16FNO. The van der Waals surface area contributed by atoms with E-state index in [4.69, 9.17) is 5.73 Å². The lowest BCUT2D eigenvalue weighted by Gasteiger charge is -2.23. The molecule has 0 spiro atoms. The van der Waals surface area contributed by atoms with Crippen molar-refractivity contribution in [3.8, 4) is 5.75 Å². The molecule has 2 nitrogen and oxygen atoms in total. The van der Waals surface area contributed by atoms with Crippen LogP contribution in [0.25, 0.3) is 0 Å². The molecule has 0 heterocycles. The summed E-state index contributed by atoms with van der Waals surface area (Å²) in [7, 11) is 0. The first kappa shape index (κ1) is 10.4. The molecule has 1 aromatic rings. The van der Waals surface area contributed by atoms with Crippen molar-refractivity contribution in [1.82, 2.24) is 0 Å². The fraction of sp³-hybridized carbons (Fsp3) is 0.500. The Labute approximate surface area is 88.9 Å². The van der Waals surface area contributed by atoms with E-state index in [-0.39, 0.29) is 23.0 Å². The van der Waals surface area contributed by atoms with Crippen molar-refractivity contribution in [2.45, 2.75) is 38.1 Å². The quantitative estimate of drug-likeness (QED) is 0.784. The number of hydrogen-bond acceptors (Lipinski definition) is 2. The minimum Gasteiger partial charge on any atom is -0.508 e. The molecule has 1 unspecified atom stereocenters. The van der Waals surface area contributed by atoms with E-state index >= 15 is 0 Å². The van der Waals surface area contributed by atoms with Crippen LogP contribution in [0.15, 0.2) is 12.1 Å². The molecule has 1 aromatic carbocycles. The summed E-state index contributed by atoms with van der Waals surface area (Å²) in [4.78, 5) is 0. The normalized spacial score (nSPS) is 20.0. The maximum atomic E-state index is 13.4. The Balaban J connectivity index is 2.57. The lowest BCUT2D eigenvalue weighted by Crippen LogP contribution is -2.32. The number of phenols is 1. The van der Waals surface area contributed by atoms with Crippen molar-refractivity contribution in [1.29, 1.82) is 0 Å². The van der Waals surface area contributed by atoms with E-state index in [0.29, 0.717) is 11.1 Å². The van der Waals surface area contributed by atoms with E-state index in [1.807, 2.05) is 6.92 Å². The zero-order valence-corrected chi connectivity index (χ0v) is 9.05. The number of benzene rings is 1. The first-order chi connectivity index (χ1) is 6.99. The second-order valence-corrected chi connectivity index (χ2v) is 4.51. The van der Waals surface area contributed by atoms with Crippen LogP contribution in [0, 0.1) is 12.7 Å². The highest BCUT2D eigenvalue weighted by atomic mass is 19.1. The molecule has 3 N–H and O–H groups in total. The summed E-state index contributed by atoms with van der Waals surface area (Å²) in [5.74, 6) is -0.0987. The average Bonchev–Trinajstić information content (AvgIpc) is 2.93. The van der Waals surface area contributed by atoms with Gasteiger partial charge in [-0.1, -0.05) is 0 Å². The summed E-state index contributed by atoms with van der Waals surface area (Å²) in [6.07, 6.45) is 1.87. The van der Waals surface area contributed by atoms with Gasteiger partial charge in [-0.05, 0) is 44.4 Å². The van der Waals surface area contributed by atoms with Gasteiger partial charge in [-0.25, -0.2) is 4.39 Å². The smallest absolute Gasteiger partial charge is 0.126 e. The molecule has 0 aliphatic heterocycles. The molecule has 1 atom stereocenters. The zero-order chi connectivity index (χ0) is 11.2. The standard InChI is InChI=1S/C12H16FNO/c1-7-9(13)3-4-10(15)11(7)12(5-6-12)8(2)14/h3-4,8,15H,5-6,14H2,1-2H3. The van der Waals surface area contributed by atoms with Crippen molar-refractivity contribution in [2.75, 3.05) is 0 Å². The van der Waals surface area contributed by atoms with Gasteiger partial charge < -0.3 is 10.8 Å². The third kappa shape index (κ3) is 1.42. The van der Waals surface area contributed by atoms with Crippen LogP contribution in [0.5, 0.6) is 5.75 Å². The molecule has 1 aliphatic carbocycles. The number of rotatable bonds is 2. The van der Waals surface area contributed by atoms with Crippen LogP contribution < -0.4 is 5.73 Å². The fourth-order valence-electron chi connectivity index (χ4n) is 2.37. The maximum absolute atomic E-state index is 13.4. The average molecular weight is 209 g/mol. The van der Waals surface area contributed by atoms with Gasteiger partial charge in [0.25, 0.3) is 0 Å². The zero-order valence-electron chi connectivity index (χ0n) is 9.05. The van der Waals surface area contributed by atoms with Crippen LogP contribution in [-0.4, -0.2) is 11.1 Å². The Bertz CT molecular complexity index is 397. The molecule has 3 heteroatoms. The van der Waals surface area contributed by atoms with E-state index in [0.717, 1.165) is 12.8 Å². The van der Waals surface area contributed by atoms with Crippen molar-refractivity contribution in [3.05, 3.63) is 29.1 Å². The monoisotopic (exact) mass is 209 g/mol. The van der Waals surface area contributed by atoms with Crippen LogP contribution in [0.2, 0.25) is 0 Å². The highest BCUT2D eigenvalue weighted by molar-refractivity contribution is 5.49. The molecular weight excluding hydrogens is 193 g/mol. The molecule has 82 valence electrons. The first-order valence-electron chi connectivity index (χ1n) is 5.23. The predicted octanol–water partition coefficient (Wildman–Crippen LogP) is 2.22. The Kier molecular flexibility index (Phi) is 2.23. The van der Waals surface area contributed by atoms with Gasteiger partial charge in [0.2, 0.25) is 0 Å². The number of aromatic hydroxyl groups is 1. The molecule has 1 fully saturated rings. The maximum Gasteiger partial charge on any atom is 0.126 e. The third-order valence-electron chi connectivity index (χ3n) is 3.54. The van der Waals surface area contributed by atoms with Gasteiger partial charge in [0.05, 0.1) is 0 Å². The van der Waals surface area contributed by atoms with E-state index < -0.39 is 0 Å². The van der Waals surface area contributed by atoms with Crippen LogP contribution in [-0.2, 0) is 5.41 Å². The number of halogens is 1. The predicted molar refractivity (Wildman–Crippen MR) is 57.4 cm³/mol. The van der Waals surface area contributed by atoms with Crippen LogP contribution in [0.3, 0.4) is 0 Å². The fourth-order valence-corrected chi connectivity index (χ4v) is 2.37. The molecule has 0 saturated heterocycles. The number of phenolic OH excluding ortho intramolecular Hbond substituents is 1. The number of nitrogens with two attached hydrogens (primary N) is 1. The van der Waals surface area contributed by atoms with Gasteiger partial charge >= 0.3 is 0 Å². The topological polar surface area (TPSA) is 46.2 Å². The lowest BCUT2D eigenvalue weighted by molar-refractivity contribution is 0.441. The van der Waals surface area contributed by atoms with Crippen molar-refractivity contribution >= 4 is 0 Å². The Morgan fingerprint density at radius 3 is 2.53 bits per heavy atom. The lowest BCUT2D eigenvalue weighted by atomic mass is 9.85. The molecule has 0 radical (unpaired) electrons. The summed E-state index contributed by atoms with van der Waals surface area (Å²) in [5.41, 5.74) is 6.96. The Morgan fingerprint density at radius 2 is 2.07 bits per heavy atom. The second-order valence-electron chi connectivity index (χ2n) is 4.51. The van der Waals surface area contributed by atoms with Gasteiger partial charge in [-0.2, -0.15) is 0 Å². The van der Waals surface area contributed by atoms with Gasteiger partial charge in [0.15, 0.2) is 0 Å². The van der Waals surface area contributed by atoms with Crippen molar-refractivity contribution in [2.24, 2.45) is 5.73 Å². The molecule has 1 aliphatic rings. The van der Waals surface area contributed by atoms with E-state index in [2.05, 4.69) is 0 Å². The SMILES string of the molecule is Cc1c(F)ccc(O)c1C1(C(C)N)CC1. The van der Waals surface area contributed by atoms with Crippen molar-refractivity contribution < 1.29 is 9.50 Å². The van der Waals surface area contributed by atoms with Gasteiger partial charge in [0, 0.05) is 17.0 Å². The summed E-state index contributed by atoms with van der Waals surface area (Å²) in [5, 5.41) is 9.82. The molecule has 0 bridgehead atoms. The van der Waals surface area contributed by atoms with Crippen molar-refractivity contribution in [3.63, 3.8) is 0 Å². The third-order valence-corrected chi connectivity index (χ3v) is 3.54. The summed E-state index contributed by atoms with van der Waals surface area (Å²) >= 11 is 0. The van der Waals surface area contributed by atoms with E-state index in [9.17, 15) is 9.50 Å². The molecule has 1 saturated carbocycles. The van der Waals surface area contributed by atoms with E-state index in [1.165, 1.54) is 12.1 Å². The summed E-state index contributed by atoms with van der Waals surface area (Å²) in [6, 6.07) is 2.66. The largest absolute Gasteiger partial charge is 0.508 e. The van der Waals surface area contributed by atoms with Crippen LogP contribution in [0.1, 0.15) is 30.9 Å². The Hall–Kier alpha value is -1.09. The number of hydrogen-bond donors (Lipinski definition) is 2. The molecule has 15 heavy (non-hydrogen) atoms. The van der Waals surface area contributed by atoms with Gasteiger partial charge in [0.1, 0.15) is 11.6 Å². The first-order valence-corrected chi connectivity index (χ1v) is 5.23. The second kappa shape index (κ2) is 3.20. The van der Waals surface area contributed by atoms with Crippen LogP contribution in [0.4, 0.5) is 4.39 Å². The molecule has 0 amide bonds. The highest BCUT2D eigenvalue weighted by Gasteiger charge is 2.50. The minimum atomic E-state index is -0.269. The van der Waals surface area contributed by atoms with Gasteiger partial charge in [-0.15, -0.1) is 0 Å². The summed E-state index contributed by atoms with van der Waals surface area (Å²) in [6.45, 7) is 3.61. The van der Waals surface area contributed by atoms with Crippen LogP contribution >= 0.6 is 0 Å². The molecule has 0 aromatic heterocycles. The minimum absolute atomic E-state index is 0.0519.